The van der Waals surface area contributed by atoms with Gasteiger partial charge in [0, 0.05) is 51.9 Å². The Hall–Kier alpha value is -3.05. The van der Waals surface area contributed by atoms with Crippen LogP contribution in [0.15, 0.2) is 30.3 Å². The molecular formula is C27H36F3N5O3. The molecule has 2 aliphatic heterocycles. The summed E-state index contributed by atoms with van der Waals surface area (Å²) in [5.74, 6) is 0.952. The van der Waals surface area contributed by atoms with Crippen LogP contribution in [-0.4, -0.2) is 86.3 Å². The van der Waals surface area contributed by atoms with Gasteiger partial charge in [0.05, 0.1) is 19.3 Å². The van der Waals surface area contributed by atoms with Crippen LogP contribution >= 0.6 is 0 Å². The summed E-state index contributed by atoms with van der Waals surface area (Å²) in [7, 11) is 1.88. The van der Waals surface area contributed by atoms with E-state index in [0.717, 1.165) is 35.6 Å². The number of hydrogen-bond acceptors (Lipinski definition) is 6. The fourth-order valence-corrected chi connectivity index (χ4v) is 5.02. The number of ether oxygens (including phenoxy) is 1. The van der Waals surface area contributed by atoms with E-state index in [2.05, 4.69) is 10.2 Å². The van der Waals surface area contributed by atoms with E-state index in [1.165, 1.54) is 4.90 Å². The van der Waals surface area contributed by atoms with Gasteiger partial charge in [-0.05, 0) is 67.1 Å². The normalized spacial score (nSPS) is 19.0. The zero-order valence-electron chi connectivity index (χ0n) is 22.1. The number of pyridine rings is 1. The van der Waals surface area contributed by atoms with Crippen LogP contribution in [0.3, 0.4) is 0 Å². The third kappa shape index (κ3) is 7.28. The number of aliphatic hydroxyl groups excluding tert-OH is 1. The lowest BCUT2D eigenvalue weighted by molar-refractivity contribution is -0.143. The number of carbonyl (C=O) groups is 1. The predicted molar refractivity (Wildman–Crippen MR) is 142 cm³/mol. The van der Waals surface area contributed by atoms with Crippen LogP contribution < -0.4 is 15.1 Å². The van der Waals surface area contributed by atoms with E-state index in [9.17, 15) is 23.1 Å². The number of anilines is 3. The smallest absolute Gasteiger partial charge is 0.389 e. The van der Waals surface area contributed by atoms with Crippen molar-refractivity contribution in [2.75, 3.05) is 68.1 Å². The Labute approximate surface area is 221 Å². The number of amides is 2. The zero-order valence-corrected chi connectivity index (χ0v) is 22.1. The number of nitrogens with zero attached hydrogens (tertiary/aromatic N) is 4. The molecule has 2 saturated heterocycles. The topological polar surface area (TPSA) is 81.2 Å². The van der Waals surface area contributed by atoms with E-state index >= 15 is 0 Å². The fraction of sp³-hybridized carbons (Fsp3) is 0.556. The van der Waals surface area contributed by atoms with Gasteiger partial charge in [-0.15, -0.1) is 0 Å². The Balaban J connectivity index is 1.57. The van der Waals surface area contributed by atoms with Crippen LogP contribution in [0.4, 0.5) is 35.3 Å². The minimum absolute atomic E-state index is 0.0936. The number of halogens is 3. The van der Waals surface area contributed by atoms with E-state index in [1.54, 1.807) is 13.0 Å². The summed E-state index contributed by atoms with van der Waals surface area (Å²) in [6, 6.07) is 9.17. The van der Waals surface area contributed by atoms with Crippen LogP contribution in [0.25, 0.3) is 11.1 Å². The number of morpholine rings is 1. The first-order valence-electron chi connectivity index (χ1n) is 13.0. The molecule has 8 nitrogen and oxygen atoms in total. The maximum absolute atomic E-state index is 12.8. The van der Waals surface area contributed by atoms with Gasteiger partial charge < -0.3 is 29.9 Å². The molecule has 2 fully saturated rings. The highest BCUT2D eigenvalue weighted by Gasteiger charge is 2.36. The lowest BCUT2D eigenvalue weighted by Crippen LogP contribution is -2.37. The number of aromatic nitrogens is 1. The summed E-state index contributed by atoms with van der Waals surface area (Å²) in [5, 5.41) is 12.8. The van der Waals surface area contributed by atoms with Crippen LogP contribution in [0.2, 0.25) is 0 Å². The SMILES string of the molecule is Cc1ccc(NC(=O)N2CC[C@@H](CC(F)(F)F)C2)cc1-c1cc(N(C)CC(C)O)nc(N2CCOCC2)c1. The summed E-state index contributed by atoms with van der Waals surface area (Å²) in [5.41, 5.74) is 3.38. The van der Waals surface area contributed by atoms with Crippen LogP contribution in [0.1, 0.15) is 25.3 Å². The number of aryl methyl sites for hydroxylation is 1. The Kier molecular flexibility index (Phi) is 8.67. The third-order valence-electron chi connectivity index (χ3n) is 6.96. The number of likely N-dealkylation sites (N-methyl/N-ethyl adjacent to an activating group) is 1. The van der Waals surface area contributed by atoms with Crippen LogP contribution in [0, 0.1) is 12.8 Å². The second-order valence-electron chi connectivity index (χ2n) is 10.3. The van der Waals surface area contributed by atoms with Gasteiger partial charge in [-0.3, -0.25) is 0 Å². The zero-order chi connectivity index (χ0) is 27.4. The molecule has 1 aromatic carbocycles. The van der Waals surface area contributed by atoms with Crippen molar-refractivity contribution in [1.29, 1.82) is 0 Å². The summed E-state index contributed by atoms with van der Waals surface area (Å²) < 4.78 is 43.8. The molecule has 2 aliphatic rings. The summed E-state index contributed by atoms with van der Waals surface area (Å²) in [4.78, 5) is 23.2. The third-order valence-corrected chi connectivity index (χ3v) is 6.96. The highest BCUT2D eigenvalue weighted by molar-refractivity contribution is 5.91. The molecule has 0 bridgehead atoms. The molecule has 0 aliphatic carbocycles. The number of rotatable bonds is 7. The van der Waals surface area contributed by atoms with E-state index < -0.39 is 30.7 Å². The largest absolute Gasteiger partial charge is 0.392 e. The number of aliphatic hydroxyl groups is 1. The number of likely N-dealkylation sites (tertiary alicyclic amines) is 1. The molecule has 2 amide bonds. The van der Waals surface area contributed by atoms with Gasteiger partial charge in [0.15, 0.2) is 0 Å². The fourth-order valence-electron chi connectivity index (χ4n) is 5.02. The molecule has 2 atom stereocenters. The highest BCUT2D eigenvalue weighted by atomic mass is 19.4. The van der Waals surface area contributed by atoms with Crippen molar-refractivity contribution in [3.05, 3.63) is 35.9 Å². The molecule has 4 rings (SSSR count). The second-order valence-corrected chi connectivity index (χ2v) is 10.3. The van der Waals surface area contributed by atoms with Gasteiger partial charge in [-0.1, -0.05) is 6.07 Å². The number of benzene rings is 1. The lowest BCUT2D eigenvalue weighted by Gasteiger charge is -2.30. The van der Waals surface area contributed by atoms with E-state index in [1.807, 2.05) is 43.1 Å². The molecule has 1 unspecified atom stereocenters. The van der Waals surface area contributed by atoms with Gasteiger partial charge in [0.25, 0.3) is 0 Å². The van der Waals surface area contributed by atoms with Crippen molar-refractivity contribution in [2.45, 2.75) is 39.0 Å². The van der Waals surface area contributed by atoms with Crippen molar-refractivity contribution in [1.82, 2.24) is 9.88 Å². The maximum Gasteiger partial charge on any atom is 0.389 e. The lowest BCUT2D eigenvalue weighted by atomic mass is 10.00. The van der Waals surface area contributed by atoms with Gasteiger partial charge >= 0.3 is 12.2 Å². The molecule has 38 heavy (non-hydrogen) atoms. The molecular weight excluding hydrogens is 499 g/mol. The number of nitrogens with one attached hydrogen (secondary N) is 1. The number of alkyl halides is 3. The monoisotopic (exact) mass is 535 g/mol. The van der Waals surface area contributed by atoms with Crippen LogP contribution in [0.5, 0.6) is 0 Å². The Bertz CT molecular complexity index is 1120. The van der Waals surface area contributed by atoms with E-state index in [4.69, 9.17) is 9.72 Å². The molecule has 11 heteroatoms. The summed E-state index contributed by atoms with van der Waals surface area (Å²) in [6.07, 6.45) is -5.28. The molecule has 3 heterocycles. The molecule has 0 spiro atoms. The van der Waals surface area contributed by atoms with Gasteiger partial charge in [-0.2, -0.15) is 13.2 Å². The van der Waals surface area contributed by atoms with Crippen molar-refractivity contribution < 1.29 is 27.8 Å². The first-order chi connectivity index (χ1) is 18.0. The maximum atomic E-state index is 12.8. The quantitative estimate of drug-likeness (QED) is 0.543. The first-order valence-corrected chi connectivity index (χ1v) is 13.0. The number of hydrogen-bond donors (Lipinski definition) is 2. The Morgan fingerprint density at radius 2 is 1.97 bits per heavy atom. The molecule has 0 saturated carbocycles. The van der Waals surface area contributed by atoms with Crippen molar-refractivity contribution in [3.63, 3.8) is 0 Å². The summed E-state index contributed by atoms with van der Waals surface area (Å²) >= 11 is 0. The van der Waals surface area contributed by atoms with Crippen LogP contribution in [-0.2, 0) is 4.74 Å². The Morgan fingerprint density at radius 3 is 2.66 bits per heavy atom. The average Bonchev–Trinajstić information content (AvgIpc) is 3.32. The van der Waals surface area contributed by atoms with E-state index in [0.29, 0.717) is 44.2 Å². The molecule has 2 aromatic rings. The molecule has 1 aromatic heterocycles. The highest BCUT2D eigenvalue weighted by Crippen LogP contribution is 2.33. The standard InChI is InChI=1S/C27H36F3N5O3/c1-18-4-5-22(31-26(37)35-7-6-20(17-35)15-27(28,29)30)14-23(18)21-12-24(33(3)16-19(2)36)32-25(13-21)34-8-10-38-11-9-34/h4-5,12-14,19-20,36H,6-11,15-17H2,1-3H3,(H,31,37)/t19?,20-/m0/s1. The minimum Gasteiger partial charge on any atom is -0.392 e. The van der Waals surface area contributed by atoms with Crippen molar-refractivity contribution >= 4 is 23.4 Å². The predicted octanol–water partition coefficient (Wildman–Crippen LogP) is 4.52. The van der Waals surface area contributed by atoms with Gasteiger partial charge in [-0.25, -0.2) is 9.78 Å². The Morgan fingerprint density at radius 1 is 1.24 bits per heavy atom. The average molecular weight is 536 g/mol. The minimum atomic E-state index is -4.23. The molecule has 2 N–H and O–H groups in total. The number of urea groups is 1. The molecule has 208 valence electrons. The second kappa shape index (κ2) is 11.8. The first kappa shape index (κ1) is 28.0. The van der Waals surface area contributed by atoms with Crippen molar-refractivity contribution in [2.24, 2.45) is 5.92 Å². The molecule has 0 radical (unpaired) electrons. The summed E-state index contributed by atoms with van der Waals surface area (Å²) in [6.45, 7) is 7.19. The van der Waals surface area contributed by atoms with Gasteiger partial charge in [0.2, 0.25) is 0 Å². The van der Waals surface area contributed by atoms with Gasteiger partial charge in [0.1, 0.15) is 11.6 Å². The van der Waals surface area contributed by atoms with E-state index in [-0.39, 0.29) is 6.54 Å². The van der Waals surface area contributed by atoms with Crippen molar-refractivity contribution in [3.8, 4) is 11.1 Å². The number of carbonyl (C=O) groups excluding carboxylic acids is 1.